The number of rotatable bonds is 25. The van der Waals surface area contributed by atoms with Crippen LogP contribution >= 0.6 is 0 Å². The average molecular weight is 555 g/mol. The molecule has 0 aliphatic carbocycles. The van der Waals surface area contributed by atoms with Gasteiger partial charge in [0, 0.05) is 32.3 Å². The van der Waals surface area contributed by atoms with Crippen molar-refractivity contribution in [1.82, 2.24) is 0 Å². The van der Waals surface area contributed by atoms with E-state index in [1.54, 1.807) is 0 Å². The Kier molecular flexibility index (Phi) is 26.2. The normalized spacial score (nSPS) is 12.2. The minimum absolute atomic E-state index is 0. The summed E-state index contributed by atoms with van der Waals surface area (Å²) >= 11 is 0. The number of nitrogens with zero attached hydrogens (tertiary/aromatic N) is 1. The summed E-state index contributed by atoms with van der Waals surface area (Å²) in [5, 5.41) is 0. The lowest BCUT2D eigenvalue weighted by molar-refractivity contribution is -0.890. The van der Waals surface area contributed by atoms with Gasteiger partial charge in [-0.3, -0.25) is 0 Å². The summed E-state index contributed by atoms with van der Waals surface area (Å²) in [6.07, 6.45) is 21.1. The van der Waals surface area contributed by atoms with Gasteiger partial charge >= 0.3 is 8.80 Å². The molecule has 33 heavy (non-hydrogen) atoms. The summed E-state index contributed by atoms with van der Waals surface area (Å²) in [5.41, 5.74) is 0. The third kappa shape index (κ3) is 21.5. The highest BCUT2D eigenvalue weighted by Gasteiger charge is 2.40. The van der Waals surface area contributed by atoms with Crippen LogP contribution in [0.1, 0.15) is 124 Å². The Balaban J connectivity index is 0. The van der Waals surface area contributed by atoms with Crippen LogP contribution in [0.2, 0.25) is 6.04 Å². The Morgan fingerprint density at radius 2 is 0.818 bits per heavy atom. The molecule has 0 aliphatic heterocycles. The van der Waals surface area contributed by atoms with Crippen molar-refractivity contribution in [3.8, 4) is 0 Å². The Bertz CT molecular complexity index is 383. The molecule has 0 radical (unpaired) electrons. The van der Waals surface area contributed by atoms with E-state index < -0.39 is 8.80 Å². The second-order valence-electron chi connectivity index (χ2n) is 10.1. The predicted octanol–water partition coefficient (Wildman–Crippen LogP) is 4.99. The lowest BCUT2D eigenvalue weighted by Gasteiger charge is -2.32. The van der Waals surface area contributed by atoms with Crippen LogP contribution in [0.25, 0.3) is 0 Å². The first-order valence-corrected chi connectivity index (χ1v) is 16.1. The first-order valence-electron chi connectivity index (χ1n) is 14.2. The van der Waals surface area contributed by atoms with Crippen LogP contribution < -0.4 is 17.0 Å². The maximum atomic E-state index is 6.00. The van der Waals surface area contributed by atoms with E-state index >= 15 is 0 Å². The van der Waals surface area contributed by atoms with Crippen molar-refractivity contribution < 1.29 is 34.7 Å². The number of hydrogen-bond acceptors (Lipinski definition) is 3. The molecular formula is C27H60BrNO3Si. The van der Waals surface area contributed by atoms with Gasteiger partial charge in [-0.05, 0) is 33.6 Å². The van der Waals surface area contributed by atoms with Crippen LogP contribution in [0.4, 0.5) is 0 Å². The highest BCUT2D eigenvalue weighted by atomic mass is 79.9. The van der Waals surface area contributed by atoms with Gasteiger partial charge in [-0.1, -0.05) is 84.0 Å². The molecule has 0 amide bonds. The van der Waals surface area contributed by atoms with E-state index in [0.29, 0.717) is 19.8 Å². The Morgan fingerprint density at radius 1 is 0.485 bits per heavy atom. The first-order chi connectivity index (χ1) is 15.4. The van der Waals surface area contributed by atoms with E-state index in [9.17, 15) is 0 Å². The maximum Gasteiger partial charge on any atom is 0.501 e. The number of halogens is 1. The smallest absolute Gasteiger partial charge is 0.501 e. The largest absolute Gasteiger partial charge is 1.00 e. The van der Waals surface area contributed by atoms with Gasteiger partial charge in [-0.2, -0.15) is 0 Å². The van der Waals surface area contributed by atoms with Gasteiger partial charge in [0.25, 0.3) is 0 Å². The highest BCUT2D eigenvalue weighted by Crippen LogP contribution is 2.20. The van der Waals surface area contributed by atoms with Gasteiger partial charge < -0.3 is 34.7 Å². The van der Waals surface area contributed by atoms with Crippen LogP contribution in [0.3, 0.4) is 0 Å². The highest BCUT2D eigenvalue weighted by molar-refractivity contribution is 6.60. The van der Waals surface area contributed by atoms with Crippen LogP contribution in [0.5, 0.6) is 0 Å². The quantitative estimate of drug-likeness (QED) is 0.0905. The zero-order valence-electron chi connectivity index (χ0n) is 23.4. The summed E-state index contributed by atoms with van der Waals surface area (Å²) in [5.74, 6) is 0. The van der Waals surface area contributed by atoms with E-state index in [4.69, 9.17) is 13.3 Å². The molecule has 0 aliphatic rings. The van der Waals surface area contributed by atoms with Crippen LogP contribution in [0, 0.1) is 0 Å². The molecule has 0 aromatic rings. The van der Waals surface area contributed by atoms with E-state index in [1.807, 2.05) is 20.8 Å². The zero-order chi connectivity index (χ0) is 24.0. The molecule has 0 unspecified atom stereocenters. The molecule has 0 atom stereocenters. The van der Waals surface area contributed by atoms with Crippen molar-refractivity contribution in [3.63, 3.8) is 0 Å². The topological polar surface area (TPSA) is 27.7 Å². The Morgan fingerprint density at radius 3 is 1.18 bits per heavy atom. The summed E-state index contributed by atoms with van der Waals surface area (Å²) in [6, 6.07) is 0.933. The van der Waals surface area contributed by atoms with Crippen molar-refractivity contribution in [2.24, 2.45) is 0 Å². The lowest BCUT2D eigenvalue weighted by Crippen LogP contribution is -3.00. The monoisotopic (exact) mass is 553 g/mol. The molecule has 202 valence electrons. The minimum Gasteiger partial charge on any atom is -1.00 e. The molecule has 0 fully saturated rings. The van der Waals surface area contributed by atoms with Crippen molar-refractivity contribution in [1.29, 1.82) is 0 Å². The fourth-order valence-electron chi connectivity index (χ4n) is 4.57. The van der Waals surface area contributed by atoms with E-state index in [1.165, 1.54) is 103 Å². The minimum atomic E-state index is -2.48. The second kappa shape index (κ2) is 24.2. The fraction of sp³-hybridized carbons (Fsp3) is 1.00. The van der Waals surface area contributed by atoms with Crippen molar-refractivity contribution in [3.05, 3.63) is 0 Å². The first kappa shape index (κ1) is 35.7. The summed E-state index contributed by atoms with van der Waals surface area (Å²) in [6.45, 7) is 12.9. The molecule has 0 heterocycles. The molecule has 0 aromatic heterocycles. The summed E-state index contributed by atoms with van der Waals surface area (Å²) < 4.78 is 19.1. The van der Waals surface area contributed by atoms with Crippen molar-refractivity contribution in [2.75, 3.05) is 47.0 Å². The molecular weight excluding hydrogens is 494 g/mol. The van der Waals surface area contributed by atoms with Gasteiger partial charge in [-0.25, -0.2) is 0 Å². The van der Waals surface area contributed by atoms with Crippen LogP contribution in [-0.2, 0) is 13.3 Å². The molecule has 6 heteroatoms. The molecule has 0 spiro atoms. The van der Waals surface area contributed by atoms with Gasteiger partial charge in [0.1, 0.15) is 0 Å². The van der Waals surface area contributed by atoms with Gasteiger partial charge in [0.15, 0.2) is 0 Å². The van der Waals surface area contributed by atoms with E-state index in [0.717, 1.165) is 16.9 Å². The average Bonchev–Trinajstić information content (AvgIpc) is 2.74. The summed E-state index contributed by atoms with van der Waals surface area (Å²) in [4.78, 5) is 0. The fourth-order valence-corrected chi connectivity index (χ4v) is 7.16. The lowest BCUT2D eigenvalue weighted by atomic mass is 10.0. The number of hydrogen-bond donors (Lipinski definition) is 0. The van der Waals surface area contributed by atoms with Gasteiger partial charge in [0.05, 0.1) is 27.2 Å². The Hall–Kier alpha value is 0.537. The maximum absolute atomic E-state index is 6.00. The molecule has 0 aromatic carbocycles. The van der Waals surface area contributed by atoms with E-state index in [-0.39, 0.29) is 17.0 Å². The third-order valence-corrected chi connectivity index (χ3v) is 9.61. The van der Waals surface area contributed by atoms with Gasteiger partial charge in [-0.15, -0.1) is 0 Å². The van der Waals surface area contributed by atoms with Gasteiger partial charge in [0.2, 0.25) is 0 Å². The zero-order valence-corrected chi connectivity index (χ0v) is 26.0. The summed E-state index contributed by atoms with van der Waals surface area (Å²) in [7, 11) is 2.26. The SMILES string of the molecule is CCCCCCCCCCCCCCCC[N+](C)(C)CCC[Si](OCC)(OCC)OCC.[Br-]. The molecule has 0 saturated carbocycles. The Labute approximate surface area is 220 Å². The molecule has 0 saturated heterocycles. The predicted molar refractivity (Wildman–Crippen MR) is 142 cm³/mol. The molecule has 0 rings (SSSR count). The molecule has 0 bridgehead atoms. The van der Waals surface area contributed by atoms with Crippen LogP contribution in [-0.4, -0.2) is 60.3 Å². The third-order valence-electron chi connectivity index (χ3n) is 6.46. The molecule has 4 nitrogen and oxygen atoms in total. The van der Waals surface area contributed by atoms with Crippen LogP contribution in [0.15, 0.2) is 0 Å². The standard InChI is InChI=1S/C27H60NO3Si.BrH/c1-7-11-12-13-14-15-16-17-18-19-20-21-22-23-25-28(5,6)26-24-27-32(29-8-2,30-9-3)31-10-4;/h7-27H2,1-6H3;1H/q+1;/p-1. The number of unbranched alkanes of at least 4 members (excludes halogenated alkanes) is 13. The molecule has 0 N–H and O–H groups in total. The van der Waals surface area contributed by atoms with Crippen molar-refractivity contribution in [2.45, 2.75) is 130 Å². The second-order valence-corrected chi connectivity index (χ2v) is 12.8. The van der Waals surface area contributed by atoms with E-state index in [2.05, 4.69) is 21.0 Å². The number of quaternary nitrogens is 1. The van der Waals surface area contributed by atoms with Crippen molar-refractivity contribution >= 4 is 8.80 Å².